The molecule has 0 aromatic carbocycles. The van der Waals surface area contributed by atoms with E-state index in [0.29, 0.717) is 38.1 Å². The van der Waals surface area contributed by atoms with Crippen LogP contribution in [0.4, 0.5) is 4.79 Å². The monoisotopic (exact) mass is 344 g/mol. The minimum atomic E-state index is -0.747. The number of nitrogens with one attached hydrogen (secondary N) is 1. The van der Waals surface area contributed by atoms with E-state index >= 15 is 0 Å². The van der Waals surface area contributed by atoms with Crippen LogP contribution in [-0.2, 0) is 9.53 Å². The second-order valence-corrected chi connectivity index (χ2v) is 8.48. The Bertz CT molecular complexity index is 424. The summed E-state index contributed by atoms with van der Waals surface area (Å²) in [6, 6.07) is 0. The fourth-order valence-electron chi connectivity index (χ4n) is 2.97. The number of carbonyl (C=O) groups is 2. The third-order valence-electron chi connectivity index (χ3n) is 4.19. The molecular formula is C16H28N2O4S. The zero-order valence-corrected chi connectivity index (χ0v) is 15.0. The Balaban J connectivity index is 2.04. The average Bonchev–Trinajstić information content (AvgIpc) is 2.97. The quantitative estimate of drug-likeness (QED) is 0.818. The molecule has 2 N–H and O–H groups in total. The first-order valence-corrected chi connectivity index (χ1v) is 9.45. The minimum Gasteiger partial charge on any atom is -0.436 e. The fraction of sp³-hybridized carbons (Fsp3) is 0.875. The molecule has 132 valence electrons. The highest BCUT2D eigenvalue weighted by atomic mass is 32.2. The Kier molecular flexibility index (Phi) is 6.19. The van der Waals surface area contributed by atoms with Crippen molar-refractivity contribution < 1.29 is 19.4 Å². The predicted molar refractivity (Wildman–Crippen MR) is 90.2 cm³/mol. The molecule has 1 aliphatic heterocycles. The van der Waals surface area contributed by atoms with Gasteiger partial charge in [-0.2, -0.15) is 0 Å². The van der Waals surface area contributed by atoms with E-state index in [2.05, 4.69) is 5.32 Å². The third kappa shape index (κ3) is 5.57. The van der Waals surface area contributed by atoms with Gasteiger partial charge < -0.3 is 20.1 Å². The number of hydrogen-bond acceptors (Lipinski definition) is 5. The fourth-order valence-corrected chi connectivity index (χ4v) is 3.93. The summed E-state index contributed by atoms with van der Waals surface area (Å²) >= 11 is 1.71. The van der Waals surface area contributed by atoms with Crippen molar-refractivity contribution in [2.45, 2.75) is 64.2 Å². The first-order chi connectivity index (χ1) is 10.8. The molecule has 2 rings (SSSR count). The Hall–Kier alpha value is -0.950. The van der Waals surface area contributed by atoms with Crippen LogP contribution in [0.5, 0.6) is 0 Å². The lowest BCUT2D eigenvalue weighted by Crippen LogP contribution is -2.49. The Labute approximate surface area is 142 Å². The number of rotatable bonds is 3. The molecule has 1 atom stereocenters. The normalized spacial score (nSPS) is 26.7. The van der Waals surface area contributed by atoms with Crippen molar-refractivity contribution in [2.75, 3.05) is 18.2 Å². The van der Waals surface area contributed by atoms with Crippen LogP contribution in [0, 0.1) is 5.92 Å². The molecule has 0 aromatic rings. The van der Waals surface area contributed by atoms with E-state index in [0.717, 1.165) is 5.75 Å². The number of ether oxygens (including phenoxy) is 1. The lowest BCUT2D eigenvalue weighted by Gasteiger charge is -2.33. The van der Waals surface area contributed by atoms with Crippen molar-refractivity contribution in [1.29, 1.82) is 0 Å². The van der Waals surface area contributed by atoms with Crippen LogP contribution < -0.4 is 5.32 Å². The van der Waals surface area contributed by atoms with Crippen LogP contribution in [-0.4, -0.2) is 57.9 Å². The lowest BCUT2D eigenvalue weighted by atomic mass is 9.83. The SMILES string of the molecule is CC(C)(C)NC(=O)O[C@H](C(=O)N1CCSC1)C1CCC(O)CC1. The van der Waals surface area contributed by atoms with Gasteiger partial charge in [0.1, 0.15) is 0 Å². The molecule has 0 unspecified atom stereocenters. The minimum absolute atomic E-state index is 0.0118. The van der Waals surface area contributed by atoms with E-state index in [4.69, 9.17) is 4.74 Å². The van der Waals surface area contributed by atoms with Crippen molar-refractivity contribution in [3.63, 3.8) is 0 Å². The molecule has 0 aromatic heterocycles. The molecule has 0 spiro atoms. The van der Waals surface area contributed by atoms with Gasteiger partial charge in [-0.3, -0.25) is 4.79 Å². The number of alkyl carbamates (subject to hydrolysis) is 1. The van der Waals surface area contributed by atoms with Crippen molar-refractivity contribution in [2.24, 2.45) is 5.92 Å². The number of thioether (sulfide) groups is 1. The molecule has 2 fully saturated rings. The van der Waals surface area contributed by atoms with Gasteiger partial charge in [-0.25, -0.2) is 4.79 Å². The van der Waals surface area contributed by atoms with Gasteiger partial charge in [-0.15, -0.1) is 11.8 Å². The molecule has 0 bridgehead atoms. The van der Waals surface area contributed by atoms with E-state index in [1.807, 2.05) is 20.8 Å². The van der Waals surface area contributed by atoms with Gasteiger partial charge in [-0.05, 0) is 46.5 Å². The van der Waals surface area contributed by atoms with Crippen molar-refractivity contribution in [1.82, 2.24) is 10.2 Å². The number of hydrogen-bond donors (Lipinski definition) is 2. The number of nitrogens with zero attached hydrogens (tertiary/aromatic N) is 1. The largest absolute Gasteiger partial charge is 0.436 e. The maximum Gasteiger partial charge on any atom is 0.408 e. The van der Waals surface area contributed by atoms with E-state index < -0.39 is 17.7 Å². The smallest absolute Gasteiger partial charge is 0.408 e. The molecular weight excluding hydrogens is 316 g/mol. The summed E-state index contributed by atoms with van der Waals surface area (Å²) in [5.41, 5.74) is -0.406. The van der Waals surface area contributed by atoms with Gasteiger partial charge in [0, 0.05) is 23.8 Å². The summed E-state index contributed by atoms with van der Waals surface area (Å²) in [6.07, 6.45) is 1.15. The van der Waals surface area contributed by atoms with E-state index in [1.165, 1.54) is 0 Å². The molecule has 2 amide bonds. The molecule has 6 nitrogen and oxygen atoms in total. The standard InChI is InChI=1S/C16H28N2O4S/c1-16(2,3)17-15(21)22-13(11-4-6-12(19)7-5-11)14(20)18-8-9-23-10-18/h11-13,19H,4-10H2,1-3H3,(H,17,21)/t11?,12?,13-/m0/s1. The number of carbonyl (C=O) groups excluding carboxylic acids is 2. The van der Waals surface area contributed by atoms with Gasteiger partial charge in [0.15, 0.2) is 6.10 Å². The molecule has 2 aliphatic rings. The summed E-state index contributed by atoms with van der Waals surface area (Å²) in [4.78, 5) is 26.7. The molecule has 23 heavy (non-hydrogen) atoms. The molecule has 1 saturated heterocycles. The van der Waals surface area contributed by atoms with Gasteiger partial charge in [0.25, 0.3) is 5.91 Å². The first-order valence-electron chi connectivity index (χ1n) is 8.29. The van der Waals surface area contributed by atoms with Crippen LogP contribution in [0.1, 0.15) is 46.5 Å². The van der Waals surface area contributed by atoms with Crippen LogP contribution >= 0.6 is 11.8 Å². The van der Waals surface area contributed by atoms with Crippen LogP contribution in [0.3, 0.4) is 0 Å². The second-order valence-electron chi connectivity index (χ2n) is 7.41. The van der Waals surface area contributed by atoms with E-state index in [9.17, 15) is 14.7 Å². The molecule has 7 heteroatoms. The summed E-state index contributed by atoms with van der Waals surface area (Å²) in [5, 5.41) is 12.4. The lowest BCUT2D eigenvalue weighted by molar-refractivity contribution is -0.143. The van der Waals surface area contributed by atoms with Crippen molar-refractivity contribution in [3.05, 3.63) is 0 Å². The summed E-state index contributed by atoms with van der Waals surface area (Å²) in [5.74, 6) is 1.48. The maximum atomic E-state index is 12.8. The van der Waals surface area contributed by atoms with Crippen molar-refractivity contribution >= 4 is 23.8 Å². The third-order valence-corrected chi connectivity index (χ3v) is 5.15. The topological polar surface area (TPSA) is 78.9 Å². The number of amides is 2. The molecule has 1 heterocycles. The number of aliphatic hydroxyl groups excluding tert-OH is 1. The highest BCUT2D eigenvalue weighted by molar-refractivity contribution is 7.99. The summed E-state index contributed by atoms with van der Waals surface area (Å²) < 4.78 is 5.54. The average molecular weight is 344 g/mol. The Morgan fingerprint density at radius 3 is 2.43 bits per heavy atom. The van der Waals surface area contributed by atoms with E-state index in [-0.39, 0.29) is 17.9 Å². The van der Waals surface area contributed by atoms with Crippen molar-refractivity contribution in [3.8, 4) is 0 Å². The Morgan fingerprint density at radius 1 is 1.26 bits per heavy atom. The zero-order chi connectivity index (χ0) is 17.0. The Morgan fingerprint density at radius 2 is 1.91 bits per heavy atom. The first kappa shape index (κ1) is 18.4. The van der Waals surface area contributed by atoms with Gasteiger partial charge >= 0.3 is 6.09 Å². The summed E-state index contributed by atoms with van der Waals surface area (Å²) in [6.45, 7) is 6.33. The van der Waals surface area contributed by atoms with Gasteiger partial charge in [-0.1, -0.05) is 0 Å². The summed E-state index contributed by atoms with van der Waals surface area (Å²) in [7, 11) is 0. The van der Waals surface area contributed by atoms with Crippen LogP contribution in [0.25, 0.3) is 0 Å². The molecule has 1 aliphatic carbocycles. The van der Waals surface area contributed by atoms with Crippen LogP contribution in [0.2, 0.25) is 0 Å². The van der Waals surface area contributed by atoms with E-state index in [1.54, 1.807) is 16.7 Å². The number of aliphatic hydroxyl groups is 1. The molecule has 1 saturated carbocycles. The van der Waals surface area contributed by atoms with Crippen LogP contribution in [0.15, 0.2) is 0 Å². The highest BCUT2D eigenvalue weighted by Gasteiger charge is 2.38. The maximum absolute atomic E-state index is 12.8. The predicted octanol–water partition coefficient (Wildman–Crippen LogP) is 1.96. The van der Waals surface area contributed by atoms with Gasteiger partial charge in [0.2, 0.25) is 0 Å². The highest BCUT2D eigenvalue weighted by Crippen LogP contribution is 2.30. The molecule has 0 radical (unpaired) electrons. The van der Waals surface area contributed by atoms with Gasteiger partial charge in [0.05, 0.1) is 12.0 Å². The second kappa shape index (κ2) is 7.75. The zero-order valence-electron chi connectivity index (χ0n) is 14.2.